The van der Waals surface area contributed by atoms with Gasteiger partial charge in [-0.3, -0.25) is 0 Å². The van der Waals surface area contributed by atoms with Gasteiger partial charge in [-0.15, -0.1) is 0 Å². The number of amides is 2. The summed E-state index contributed by atoms with van der Waals surface area (Å²) in [5, 5.41) is 13.7. The van der Waals surface area contributed by atoms with Gasteiger partial charge in [0.05, 0.1) is 0 Å². The number of benzene rings is 1. The molecular weight excluding hydrogens is 204 g/mol. The van der Waals surface area contributed by atoms with E-state index < -0.39 is 12.8 Å². The lowest BCUT2D eigenvalue weighted by molar-refractivity contribution is 0.228. The van der Waals surface area contributed by atoms with Crippen LogP contribution >= 0.6 is 11.6 Å². The molecule has 0 atom stereocenters. The van der Waals surface area contributed by atoms with E-state index in [1.807, 2.05) is 6.92 Å². The Hall–Kier alpha value is -1.26. The molecule has 2 amide bonds. The van der Waals surface area contributed by atoms with Crippen LogP contribution in [0.2, 0.25) is 5.02 Å². The van der Waals surface area contributed by atoms with Crippen LogP contribution in [0.5, 0.6) is 0 Å². The third-order valence-electron chi connectivity index (χ3n) is 1.67. The fourth-order valence-corrected chi connectivity index (χ4v) is 1.10. The standard InChI is InChI=1S/C9H11ClN2O2/c1-6-2-3-7(4-8(6)10)12-9(14)11-5-13/h2-4,13H,5H2,1H3,(H2,11,12,14). The zero-order chi connectivity index (χ0) is 10.6. The predicted molar refractivity (Wildman–Crippen MR) is 55.4 cm³/mol. The van der Waals surface area contributed by atoms with E-state index in [0.29, 0.717) is 10.7 Å². The van der Waals surface area contributed by atoms with E-state index in [-0.39, 0.29) is 0 Å². The molecule has 14 heavy (non-hydrogen) atoms. The van der Waals surface area contributed by atoms with Gasteiger partial charge in [0, 0.05) is 10.7 Å². The first-order chi connectivity index (χ1) is 6.63. The Labute approximate surface area is 86.9 Å². The van der Waals surface area contributed by atoms with E-state index in [2.05, 4.69) is 10.6 Å². The Morgan fingerprint density at radius 1 is 1.57 bits per heavy atom. The zero-order valence-electron chi connectivity index (χ0n) is 7.67. The van der Waals surface area contributed by atoms with Crippen molar-refractivity contribution in [2.75, 3.05) is 12.0 Å². The summed E-state index contributed by atoms with van der Waals surface area (Å²) in [5.74, 6) is 0. The number of hydrogen-bond acceptors (Lipinski definition) is 2. The maximum atomic E-state index is 11.0. The number of aliphatic hydroxyl groups excluding tert-OH is 1. The van der Waals surface area contributed by atoms with Crippen LogP contribution in [0.25, 0.3) is 0 Å². The van der Waals surface area contributed by atoms with Crippen LogP contribution in [-0.2, 0) is 0 Å². The Bertz CT molecular complexity index is 342. The number of aryl methyl sites for hydroxylation is 1. The topological polar surface area (TPSA) is 61.4 Å². The average molecular weight is 215 g/mol. The average Bonchev–Trinajstić information content (AvgIpc) is 2.12. The number of urea groups is 1. The lowest BCUT2D eigenvalue weighted by Gasteiger charge is -2.06. The fraction of sp³-hybridized carbons (Fsp3) is 0.222. The molecule has 3 N–H and O–H groups in total. The minimum atomic E-state index is -0.465. The molecule has 0 saturated carbocycles. The van der Waals surface area contributed by atoms with Crippen molar-refractivity contribution in [3.63, 3.8) is 0 Å². The Kier molecular flexibility index (Phi) is 3.73. The number of aliphatic hydroxyl groups is 1. The second-order valence-electron chi connectivity index (χ2n) is 2.75. The van der Waals surface area contributed by atoms with Gasteiger partial charge in [-0.25, -0.2) is 4.79 Å². The molecule has 0 aliphatic carbocycles. The van der Waals surface area contributed by atoms with Crippen LogP contribution in [0, 0.1) is 6.92 Å². The lowest BCUT2D eigenvalue weighted by Crippen LogP contribution is -2.29. The molecular formula is C9H11ClN2O2. The van der Waals surface area contributed by atoms with Gasteiger partial charge >= 0.3 is 6.03 Å². The predicted octanol–water partition coefficient (Wildman–Crippen LogP) is 1.72. The quantitative estimate of drug-likeness (QED) is 0.657. The van der Waals surface area contributed by atoms with Gasteiger partial charge in [-0.2, -0.15) is 0 Å². The first-order valence-corrected chi connectivity index (χ1v) is 4.43. The van der Waals surface area contributed by atoms with Crippen molar-refractivity contribution in [3.8, 4) is 0 Å². The molecule has 1 aromatic carbocycles. The summed E-state index contributed by atoms with van der Waals surface area (Å²) in [6.45, 7) is 1.48. The summed E-state index contributed by atoms with van der Waals surface area (Å²) >= 11 is 5.85. The number of rotatable bonds is 2. The second-order valence-corrected chi connectivity index (χ2v) is 3.16. The van der Waals surface area contributed by atoms with Crippen LogP contribution in [0.15, 0.2) is 18.2 Å². The number of anilines is 1. The number of carbonyl (C=O) groups excluding carboxylic acids is 1. The summed E-state index contributed by atoms with van der Waals surface area (Å²) < 4.78 is 0. The third kappa shape index (κ3) is 2.90. The van der Waals surface area contributed by atoms with E-state index >= 15 is 0 Å². The van der Waals surface area contributed by atoms with E-state index in [0.717, 1.165) is 5.56 Å². The Morgan fingerprint density at radius 3 is 2.86 bits per heavy atom. The second kappa shape index (κ2) is 4.83. The van der Waals surface area contributed by atoms with Gasteiger partial charge in [-0.1, -0.05) is 17.7 Å². The molecule has 0 aromatic heterocycles. The molecule has 0 bridgehead atoms. The highest BCUT2D eigenvalue weighted by Gasteiger charge is 2.01. The first kappa shape index (κ1) is 10.8. The maximum Gasteiger partial charge on any atom is 0.321 e. The molecule has 76 valence electrons. The van der Waals surface area contributed by atoms with E-state index in [1.165, 1.54) is 0 Å². The lowest BCUT2D eigenvalue weighted by atomic mass is 10.2. The van der Waals surface area contributed by atoms with Crippen LogP contribution in [0.4, 0.5) is 10.5 Å². The minimum absolute atomic E-state index is 0.397. The third-order valence-corrected chi connectivity index (χ3v) is 2.08. The van der Waals surface area contributed by atoms with Crippen LogP contribution < -0.4 is 10.6 Å². The normalized spacial score (nSPS) is 9.64. The zero-order valence-corrected chi connectivity index (χ0v) is 8.43. The van der Waals surface area contributed by atoms with Crippen molar-refractivity contribution in [1.29, 1.82) is 0 Å². The maximum absolute atomic E-state index is 11.0. The Morgan fingerprint density at radius 2 is 2.29 bits per heavy atom. The monoisotopic (exact) mass is 214 g/mol. The van der Waals surface area contributed by atoms with Gasteiger partial charge in [0.15, 0.2) is 0 Å². The van der Waals surface area contributed by atoms with Gasteiger partial charge in [-0.05, 0) is 24.6 Å². The van der Waals surface area contributed by atoms with Crippen LogP contribution in [0.3, 0.4) is 0 Å². The van der Waals surface area contributed by atoms with E-state index in [1.54, 1.807) is 18.2 Å². The van der Waals surface area contributed by atoms with Crippen LogP contribution in [0.1, 0.15) is 5.56 Å². The van der Waals surface area contributed by atoms with Crippen molar-refractivity contribution in [3.05, 3.63) is 28.8 Å². The summed E-state index contributed by atoms with van der Waals surface area (Å²) in [5.41, 5.74) is 1.53. The largest absolute Gasteiger partial charge is 0.376 e. The highest BCUT2D eigenvalue weighted by atomic mass is 35.5. The molecule has 1 rings (SSSR count). The molecule has 0 fully saturated rings. The molecule has 5 heteroatoms. The molecule has 0 aliphatic heterocycles. The Balaban J connectivity index is 2.68. The van der Waals surface area contributed by atoms with Crippen molar-refractivity contribution in [2.24, 2.45) is 0 Å². The van der Waals surface area contributed by atoms with E-state index in [4.69, 9.17) is 16.7 Å². The van der Waals surface area contributed by atoms with Gasteiger partial charge in [0.2, 0.25) is 0 Å². The summed E-state index contributed by atoms with van der Waals surface area (Å²) in [4.78, 5) is 11.0. The fourth-order valence-electron chi connectivity index (χ4n) is 0.918. The van der Waals surface area contributed by atoms with Crippen LogP contribution in [-0.4, -0.2) is 17.9 Å². The molecule has 0 spiro atoms. The molecule has 0 heterocycles. The van der Waals surface area contributed by atoms with Crippen molar-refractivity contribution >= 4 is 23.3 Å². The van der Waals surface area contributed by atoms with Gasteiger partial charge < -0.3 is 15.7 Å². The highest BCUT2D eigenvalue weighted by molar-refractivity contribution is 6.31. The highest BCUT2D eigenvalue weighted by Crippen LogP contribution is 2.19. The molecule has 0 aliphatic rings. The van der Waals surface area contributed by atoms with E-state index in [9.17, 15) is 4.79 Å². The van der Waals surface area contributed by atoms with Gasteiger partial charge in [0.1, 0.15) is 6.73 Å². The molecule has 4 nitrogen and oxygen atoms in total. The summed E-state index contributed by atoms with van der Waals surface area (Å²) in [6, 6.07) is 4.72. The minimum Gasteiger partial charge on any atom is -0.376 e. The smallest absolute Gasteiger partial charge is 0.321 e. The molecule has 0 saturated heterocycles. The summed E-state index contributed by atoms with van der Waals surface area (Å²) in [6.07, 6.45) is 0. The molecule has 1 aromatic rings. The molecule has 0 unspecified atom stereocenters. The van der Waals surface area contributed by atoms with Crippen molar-refractivity contribution in [1.82, 2.24) is 5.32 Å². The van der Waals surface area contributed by atoms with Crippen molar-refractivity contribution in [2.45, 2.75) is 6.92 Å². The number of hydrogen-bond donors (Lipinski definition) is 3. The number of halogens is 1. The summed E-state index contributed by atoms with van der Waals surface area (Å²) in [7, 11) is 0. The number of carbonyl (C=O) groups is 1. The van der Waals surface area contributed by atoms with Crippen molar-refractivity contribution < 1.29 is 9.90 Å². The first-order valence-electron chi connectivity index (χ1n) is 4.05. The SMILES string of the molecule is Cc1ccc(NC(=O)NCO)cc1Cl. The number of nitrogens with one attached hydrogen (secondary N) is 2. The van der Waals surface area contributed by atoms with Gasteiger partial charge in [0.25, 0.3) is 0 Å². The molecule has 0 radical (unpaired) electrons.